The zero-order valence-corrected chi connectivity index (χ0v) is 36.0. The molecule has 3 N–H and O–H groups in total. The number of ether oxygens (including phenoxy) is 1. The van der Waals surface area contributed by atoms with Crippen molar-refractivity contribution in [2.45, 2.75) is 200 Å². The molecule has 0 aliphatic heterocycles. The topological polar surface area (TPSA) is 131 Å². The van der Waals surface area contributed by atoms with E-state index in [1.165, 1.54) is 96.3 Å². The fourth-order valence-electron chi connectivity index (χ4n) is 5.92. The maximum absolute atomic E-state index is 12.1. The third-order valence-corrected chi connectivity index (χ3v) is 10.2. The Morgan fingerprint density at radius 1 is 0.582 bits per heavy atom. The molecule has 0 spiro atoms. The second kappa shape index (κ2) is 41.6. The number of hydrogen-bond acceptors (Lipinski definition) is 7. The van der Waals surface area contributed by atoms with Gasteiger partial charge in [0, 0.05) is 19.4 Å². The van der Waals surface area contributed by atoms with Crippen LogP contribution in [0, 0.1) is 0 Å². The predicted molar refractivity (Wildman–Crippen MR) is 229 cm³/mol. The van der Waals surface area contributed by atoms with Gasteiger partial charge in [0.25, 0.3) is 0 Å². The molecule has 0 fully saturated rings. The van der Waals surface area contributed by atoms with Gasteiger partial charge in [-0.15, -0.1) is 0 Å². The summed E-state index contributed by atoms with van der Waals surface area (Å²) in [5.74, 6) is -0.531. The molecule has 9 nitrogen and oxygen atoms in total. The highest BCUT2D eigenvalue weighted by Crippen LogP contribution is 2.42. The number of phosphoric ester groups is 1. The molecule has 2 atom stereocenters. The second-order valence-electron chi connectivity index (χ2n) is 14.6. The van der Waals surface area contributed by atoms with Crippen molar-refractivity contribution in [1.29, 1.82) is 0 Å². The second-order valence-corrected chi connectivity index (χ2v) is 16.1. The minimum atomic E-state index is -4.42. The summed E-state index contributed by atoms with van der Waals surface area (Å²) in [5, 5.41) is 12.7. The number of nitrogens with one attached hydrogen (secondary N) is 1. The van der Waals surface area contributed by atoms with Crippen LogP contribution in [0.4, 0.5) is 0 Å². The van der Waals surface area contributed by atoms with E-state index in [1.807, 2.05) is 0 Å². The highest BCUT2D eigenvalue weighted by molar-refractivity contribution is 7.47. The molecule has 0 aromatic rings. The summed E-state index contributed by atoms with van der Waals surface area (Å²) in [4.78, 5) is 33.9. The maximum Gasteiger partial charge on any atom is 0.472 e. The van der Waals surface area contributed by atoms with Crippen LogP contribution in [-0.4, -0.2) is 54.3 Å². The van der Waals surface area contributed by atoms with Crippen LogP contribution in [0.5, 0.6) is 0 Å². The molecular weight excluding hydrogens is 713 g/mol. The van der Waals surface area contributed by atoms with E-state index in [-0.39, 0.29) is 32.1 Å². The first kappa shape index (κ1) is 53.0. The average Bonchev–Trinajstić information content (AvgIpc) is 3.17. The smallest absolute Gasteiger partial charge is 0.463 e. The summed E-state index contributed by atoms with van der Waals surface area (Å²) in [6, 6.07) is 0. The first-order chi connectivity index (χ1) is 26.8. The molecule has 0 aliphatic carbocycles. The van der Waals surface area contributed by atoms with E-state index in [9.17, 15) is 24.2 Å². The summed E-state index contributed by atoms with van der Waals surface area (Å²) in [6.07, 6.45) is 47.5. The van der Waals surface area contributed by atoms with Gasteiger partial charge in [-0.3, -0.25) is 18.6 Å². The van der Waals surface area contributed by atoms with Gasteiger partial charge in [-0.1, -0.05) is 159 Å². The van der Waals surface area contributed by atoms with Crippen molar-refractivity contribution in [3.63, 3.8) is 0 Å². The monoisotopic (exact) mass is 796 g/mol. The highest BCUT2D eigenvalue weighted by atomic mass is 31.2. The van der Waals surface area contributed by atoms with Gasteiger partial charge in [0.05, 0.1) is 13.2 Å². The Balaban J connectivity index is 3.61. The van der Waals surface area contributed by atoms with Crippen molar-refractivity contribution < 1.29 is 37.9 Å². The number of allylic oxidation sites excluding steroid dienone is 8. The van der Waals surface area contributed by atoms with Crippen LogP contribution < -0.4 is 5.32 Å². The molecule has 0 radical (unpaired) electrons. The molecule has 0 aromatic heterocycles. The zero-order valence-electron chi connectivity index (χ0n) is 35.1. The lowest BCUT2D eigenvalue weighted by molar-refractivity contribution is -0.147. The molecule has 2 unspecified atom stereocenters. The number of carbonyl (C=O) groups excluding carboxylic acids is 2. The van der Waals surface area contributed by atoms with Gasteiger partial charge < -0.3 is 20.1 Å². The first-order valence-corrected chi connectivity index (χ1v) is 23.6. The largest absolute Gasteiger partial charge is 0.472 e. The summed E-state index contributed by atoms with van der Waals surface area (Å²) >= 11 is 0. The van der Waals surface area contributed by atoms with E-state index >= 15 is 0 Å². The third-order valence-electron chi connectivity index (χ3n) is 9.24. The quantitative estimate of drug-likeness (QED) is 0.0241. The highest BCUT2D eigenvalue weighted by Gasteiger charge is 2.23. The van der Waals surface area contributed by atoms with Crippen LogP contribution in [0.25, 0.3) is 0 Å². The third kappa shape index (κ3) is 42.9. The van der Waals surface area contributed by atoms with E-state index in [0.29, 0.717) is 6.42 Å². The Kier molecular flexibility index (Phi) is 40.1. The average molecular weight is 796 g/mol. The molecular formula is C45H82NO8P. The van der Waals surface area contributed by atoms with E-state index in [2.05, 4.69) is 67.8 Å². The van der Waals surface area contributed by atoms with E-state index in [0.717, 1.165) is 70.6 Å². The Morgan fingerprint density at radius 3 is 1.58 bits per heavy atom. The molecule has 320 valence electrons. The maximum atomic E-state index is 12.1. The fraction of sp³-hybridized carbons (Fsp3) is 0.778. The van der Waals surface area contributed by atoms with Gasteiger partial charge in [0.1, 0.15) is 12.7 Å². The molecule has 0 bridgehead atoms. The number of carbonyl (C=O) groups is 2. The van der Waals surface area contributed by atoms with Crippen LogP contribution in [0.2, 0.25) is 0 Å². The van der Waals surface area contributed by atoms with Crippen molar-refractivity contribution in [2.24, 2.45) is 0 Å². The molecule has 1 amide bonds. The van der Waals surface area contributed by atoms with Gasteiger partial charge in [-0.25, -0.2) is 4.57 Å². The number of aliphatic hydroxyl groups excluding tert-OH is 1. The Labute approximate surface area is 336 Å². The van der Waals surface area contributed by atoms with Crippen LogP contribution in [0.3, 0.4) is 0 Å². The van der Waals surface area contributed by atoms with Gasteiger partial charge in [0.15, 0.2) is 0 Å². The normalized spacial score (nSPS) is 13.7. The van der Waals surface area contributed by atoms with Crippen molar-refractivity contribution in [3.8, 4) is 0 Å². The van der Waals surface area contributed by atoms with Crippen molar-refractivity contribution >= 4 is 19.7 Å². The molecule has 0 saturated carbocycles. The number of unbranched alkanes of at least 4 members (excludes halogenated alkanes) is 20. The van der Waals surface area contributed by atoms with Gasteiger partial charge in [-0.05, 0) is 70.6 Å². The Morgan fingerprint density at radius 2 is 1.04 bits per heavy atom. The molecule has 10 heteroatoms. The van der Waals surface area contributed by atoms with Gasteiger partial charge in [-0.2, -0.15) is 0 Å². The van der Waals surface area contributed by atoms with Crippen LogP contribution >= 0.6 is 7.82 Å². The van der Waals surface area contributed by atoms with Crippen LogP contribution in [0.15, 0.2) is 48.6 Å². The van der Waals surface area contributed by atoms with Crippen molar-refractivity contribution in [1.82, 2.24) is 5.32 Å². The number of amides is 1. The summed E-state index contributed by atoms with van der Waals surface area (Å²) < 4.78 is 26.9. The summed E-state index contributed by atoms with van der Waals surface area (Å²) in [7, 11) is -4.42. The minimum absolute atomic E-state index is 0.0743. The van der Waals surface area contributed by atoms with E-state index in [4.69, 9.17) is 13.8 Å². The van der Waals surface area contributed by atoms with Crippen LogP contribution in [0.1, 0.15) is 194 Å². The molecule has 0 heterocycles. The van der Waals surface area contributed by atoms with Crippen LogP contribution in [-0.2, 0) is 27.9 Å². The first-order valence-electron chi connectivity index (χ1n) is 22.1. The Hall–Kier alpha value is -2.03. The fourth-order valence-corrected chi connectivity index (χ4v) is 6.68. The molecule has 0 aromatic carbocycles. The lowest BCUT2D eigenvalue weighted by Gasteiger charge is -2.15. The number of aliphatic hydroxyl groups is 1. The molecule has 0 aliphatic rings. The van der Waals surface area contributed by atoms with Gasteiger partial charge >= 0.3 is 13.8 Å². The molecule has 55 heavy (non-hydrogen) atoms. The summed E-state index contributed by atoms with van der Waals surface area (Å²) in [5.41, 5.74) is 0. The number of hydrogen-bond donors (Lipinski definition) is 3. The Bertz CT molecular complexity index is 1040. The number of phosphoric acid groups is 1. The molecule has 0 saturated heterocycles. The minimum Gasteiger partial charge on any atom is -0.463 e. The number of rotatable bonds is 41. The van der Waals surface area contributed by atoms with E-state index < -0.39 is 26.5 Å². The zero-order chi connectivity index (χ0) is 40.3. The van der Waals surface area contributed by atoms with E-state index in [1.54, 1.807) is 0 Å². The molecule has 0 rings (SSSR count). The number of esters is 1. The lowest BCUT2D eigenvalue weighted by atomic mass is 10.1. The van der Waals surface area contributed by atoms with Crippen molar-refractivity contribution in [2.75, 3.05) is 26.4 Å². The summed E-state index contributed by atoms with van der Waals surface area (Å²) in [6.45, 7) is 3.43. The predicted octanol–water partition coefficient (Wildman–Crippen LogP) is 12.3. The van der Waals surface area contributed by atoms with Gasteiger partial charge in [0.2, 0.25) is 5.91 Å². The standard InChI is InChI=1S/C45H82NO8P/c1-3-5-7-9-11-13-15-17-19-21-23-25-27-29-31-33-35-37-44(48)46-39-40-53-55(50,51)54-42-43(47)41-52-45(49)38-36-34-32-30-28-26-24-22-20-18-16-14-12-10-8-6-4-2/h5,7,11,13,17-20,43,47H,3-4,6,8-10,12,14-16,21-42H2,1-2H3,(H,46,48)(H,50,51)/b7-5-,13-11-,19-17-,20-18-. The SMILES string of the molecule is CC/C=C\C/C=C\C/C=C\CCCCCCCCCC(=O)NCCOP(=O)(O)OCC(O)COC(=O)CCCCCCCCC/C=C\CCCCCCCC. The lowest BCUT2D eigenvalue weighted by Crippen LogP contribution is -2.27. The van der Waals surface area contributed by atoms with Crippen molar-refractivity contribution in [3.05, 3.63) is 48.6 Å².